The van der Waals surface area contributed by atoms with Gasteiger partial charge in [0.1, 0.15) is 6.04 Å². The summed E-state index contributed by atoms with van der Waals surface area (Å²) in [5.41, 5.74) is 0.952. The Labute approximate surface area is 100.0 Å². The third-order valence-corrected chi connectivity index (χ3v) is 2.73. The van der Waals surface area contributed by atoms with Crippen LogP contribution in [0.25, 0.3) is 0 Å². The lowest BCUT2D eigenvalue weighted by Gasteiger charge is -2.36. The number of rotatable bonds is 3. The molecule has 1 saturated heterocycles. The molecule has 1 aromatic carbocycles. The molecule has 0 bridgehead atoms. The van der Waals surface area contributed by atoms with Crippen LogP contribution in [0.1, 0.15) is 25.5 Å². The van der Waals surface area contributed by atoms with Crippen molar-refractivity contribution in [2.75, 3.05) is 0 Å². The number of esters is 1. The summed E-state index contributed by atoms with van der Waals surface area (Å²) in [7, 11) is 0. The van der Waals surface area contributed by atoms with E-state index < -0.39 is 6.10 Å². The molecule has 0 radical (unpaired) electrons. The van der Waals surface area contributed by atoms with Crippen molar-refractivity contribution in [2.45, 2.75) is 26.0 Å². The highest BCUT2D eigenvalue weighted by Gasteiger charge is 2.43. The molecular formula is C13H15NO3. The first-order valence-electron chi connectivity index (χ1n) is 5.65. The Balaban J connectivity index is 2.06. The molecule has 1 heterocycles. The van der Waals surface area contributed by atoms with E-state index in [0.717, 1.165) is 5.56 Å². The second kappa shape index (κ2) is 4.57. The molecule has 0 unspecified atom stereocenters. The maximum Gasteiger partial charge on any atom is 0.309 e. The standard InChI is InChI=1S/C13H15NO3/c1-8(2)13(16)17-11-10(14-12(11)15)9-6-4-3-5-7-9/h3-8,10-11H,1-2H3,(H,14,15)/t10-,11+/m1/s1. The van der Waals surface area contributed by atoms with Crippen LogP contribution >= 0.6 is 0 Å². The molecule has 90 valence electrons. The highest BCUT2D eigenvalue weighted by Crippen LogP contribution is 2.27. The molecule has 2 atom stereocenters. The molecule has 1 amide bonds. The van der Waals surface area contributed by atoms with Gasteiger partial charge in [0.15, 0.2) is 0 Å². The zero-order valence-corrected chi connectivity index (χ0v) is 9.84. The Morgan fingerprint density at radius 2 is 1.94 bits per heavy atom. The predicted octanol–water partition coefficient (Wildman–Crippen LogP) is 1.43. The number of carbonyl (C=O) groups is 2. The minimum absolute atomic E-state index is 0.216. The molecule has 17 heavy (non-hydrogen) atoms. The van der Waals surface area contributed by atoms with Crippen molar-refractivity contribution in [3.8, 4) is 0 Å². The Bertz CT molecular complexity index is 428. The van der Waals surface area contributed by atoms with Gasteiger partial charge in [-0.05, 0) is 5.56 Å². The highest BCUT2D eigenvalue weighted by molar-refractivity contribution is 5.91. The quantitative estimate of drug-likeness (QED) is 0.634. The summed E-state index contributed by atoms with van der Waals surface area (Å²) in [6, 6.07) is 9.27. The van der Waals surface area contributed by atoms with Crippen LogP contribution in [-0.4, -0.2) is 18.0 Å². The first-order valence-corrected chi connectivity index (χ1v) is 5.65. The fraction of sp³-hybridized carbons (Fsp3) is 0.385. The summed E-state index contributed by atoms with van der Waals surface area (Å²) < 4.78 is 5.18. The van der Waals surface area contributed by atoms with Crippen LogP contribution in [0.2, 0.25) is 0 Å². The van der Waals surface area contributed by atoms with Gasteiger partial charge in [-0.1, -0.05) is 44.2 Å². The molecule has 1 N–H and O–H groups in total. The molecule has 1 aliphatic rings. The summed E-state index contributed by atoms with van der Waals surface area (Å²) in [4.78, 5) is 22.9. The van der Waals surface area contributed by atoms with Gasteiger partial charge >= 0.3 is 5.97 Å². The minimum Gasteiger partial charge on any atom is -0.449 e. The lowest BCUT2D eigenvalue weighted by atomic mass is 9.94. The molecule has 4 heteroatoms. The smallest absolute Gasteiger partial charge is 0.309 e. The lowest BCUT2D eigenvalue weighted by Crippen LogP contribution is -2.58. The average molecular weight is 233 g/mol. The van der Waals surface area contributed by atoms with Crippen LogP contribution in [0.4, 0.5) is 0 Å². The van der Waals surface area contributed by atoms with Gasteiger partial charge in [0.25, 0.3) is 5.91 Å². The molecule has 2 rings (SSSR count). The van der Waals surface area contributed by atoms with Gasteiger partial charge in [0, 0.05) is 0 Å². The van der Waals surface area contributed by atoms with Crippen molar-refractivity contribution in [2.24, 2.45) is 5.92 Å². The van der Waals surface area contributed by atoms with Gasteiger partial charge in [-0.15, -0.1) is 0 Å². The van der Waals surface area contributed by atoms with Crippen molar-refractivity contribution >= 4 is 11.9 Å². The lowest BCUT2D eigenvalue weighted by molar-refractivity contribution is -0.168. The van der Waals surface area contributed by atoms with E-state index in [2.05, 4.69) is 5.32 Å². The molecule has 0 aliphatic carbocycles. The van der Waals surface area contributed by atoms with E-state index in [1.807, 2.05) is 30.3 Å². The van der Waals surface area contributed by atoms with Crippen LogP contribution in [-0.2, 0) is 14.3 Å². The number of hydrogen-bond acceptors (Lipinski definition) is 3. The van der Waals surface area contributed by atoms with E-state index in [-0.39, 0.29) is 23.8 Å². The van der Waals surface area contributed by atoms with Crippen molar-refractivity contribution in [3.63, 3.8) is 0 Å². The van der Waals surface area contributed by atoms with E-state index in [0.29, 0.717) is 0 Å². The Morgan fingerprint density at radius 3 is 2.47 bits per heavy atom. The minimum atomic E-state index is -0.688. The Hall–Kier alpha value is -1.84. The van der Waals surface area contributed by atoms with Crippen LogP contribution < -0.4 is 5.32 Å². The molecule has 0 aromatic heterocycles. The van der Waals surface area contributed by atoms with Crippen LogP contribution in [0.3, 0.4) is 0 Å². The Morgan fingerprint density at radius 1 is 1.29 bits per heavy atom. The number of ether oxygens (including phenoxy) is 1. The topological polar surface area (TPSA) is 55.4 Å². The number of β-lactam (4-membered cyclic amide) rings is 1. The summed E-state index contributed by atoms with van der Waals surface area (Å²) in [6.07, 6.45) is -0.688. The molecule has 1 aliphatic heterocycles. The summed E-state index contributed by atoms with van der Waals surface area (Å²) >= 11 is 0. The normalized spacial score (nSPS) is 22.9. The van der Waals surface area contributed by atoms with Gasteiger partial charge in [0.05, 0.1) is 5.92 Å². The number of amides is 1. The third-order valence-electron chi connectivity index (χ3n) is 2.73. The highest BCUT2D eigenvalue weighted by atomic mass is 16.6. The number of carbonyl (C=O) groups excluding carboxylic acids is 2. The van der Waals surface area contributed by atoms with E-state index >= 15 is 0 Å². The molecular weight excluding hydrogens is 218 g/mol. The molecule has 1 aromatic rings. The van der Waals surface area contributed by atoms with E-state index in [1.54, 1.807) is 13.8 Å². The zero-order chi connectivity index (χ0) is 12.4. The van der Waals surface area contributed by atoms with E-state index in [4.69, 9.17) is 4.74 Å². The van der Waals surface area contributed by atoms with Gasteiger partial charge < -0.3 is 10.1 Å². The molecule has 1 fully saturated rings. The average Bonchev–Trinajstić information content (AvgIpc) is 2.33. The number of benzene rings is 1. The summed E-state index contributed by atoms with van der Waals surface area (Å²) in [5, 5.41) is 2.74. The molecule has 0 saturated carbocycles. The fourth-order valence-corrected chi connectivity index (χ4v) is 1.67. The largest absolute Gasteiger partial charge is 0.449 e. The van der Waals surface area contributed by atoms with Crippen LogP contribution in [0.5, 0.6) is 0 Å². The van der Waals surface area contributed by atoms with E-state index in [1.165, 1.54) is 0 Å². The van der Waals surface area contributed by atoms with Gasteiger partial charge in [-0.3, -0.25) is 9.59 Å². The predicted molar refractivity (Wildman–Crippen MR) is 62.0 cm³/mol. The van der Waals surface area contributed by atoms with E-state index in [9.17, 15) is 9.59 Å². The maximum absolute atomic E-state index is 11.5. The molecule has 4 nitrogen and oxygen atoms in total. The maximum atomic E-state index is 11.5. The van der Waals surface area contributed by atoms with Crippen molar-refractivity contribution in [3.05, 3.63) is 35.9 Å². The number of hydrogen-bond donors (Lipinski definition) is 1. The van der Waals surface area contributed by atoms with Crippen LogP contribution in [0.15, 0.2) is 30.3 Å². The van der Waals surface area contributed by atoms with Crippen molar-refractivity contribution in [1.29, 1.82) is 0 Å². The van der Waals surface area contributed by atoms with Crippen molar-refractivity contribution in [1.82, 2.24) is 5.32 Å². The zero-order valence-electron chi connectivity index (χ0n) is 9.84. The molecule has 0 spiro atoms. The van der Waals surface area contributed by atoms with Crippen LogP contribution in [0, 0.1) is 5.92 Å². The van der Waals surface area contributed by atoms with Gasteiger partial charge in [0.2, 0.25) is 6.10 Å². The van der Waals surface area contributed by atoms with Gasteiger partial charge in [-0.25, -0.2) is 0 Å². The SMILES string of the molecule is CC(C)C(=O)O[C@@H]1C(=O)N[C@@H]1c1ccccc1. The first kappa shape index (κ1) is 11.6. The van der Waals surface area contributed by atoms with Gasteiger partial charge in [-0.2, -0.15) is 0 Å². The summed E-state index contributed by atoms with van der Waals surface area (Å²) in [6.45, 7) is 3.49. The number of nitrogens with one attached hydrogen (secondary N) is 1. The Kier molecular flexibility index (Phi) is 3.13. The summed E-state index contributed by atoms with van der Waals surface area (Å²) in [5.74, 6) is -0.793. The monoisotopic (exact) mass is 233 g/mol. The fourth-order valence-electron chi connectivity index (χ4n) is 1.67. The third kappa shape index (κ3) is 2.30. The second-order valence-corrected chi connectivity index (χ2v) is 4.41. The van der Waals surface area contributed by atoms with Crippen molar-refractivity contribution < 1.29 is 14.3 Å². The first-order chi connectivity index (χ1) is 8.09. The second-order valence-electron chi connectivity index (χ2n) is 4.41.